The van der Waals surface area contributed by atoms with Gasteiger partial charge in [-0.1, -0.05) is 6.42 Å². The lowest BCUT2D eigenvalue weighted by Crippen LogP contribution is -2.51. The standard InChI is InChI=1S/C16H31N7O6/c17-6-2-1-4-9(13(26)22-10(15(28)29)8-12(24)25)14(27)23-11(18)5-3-7-21-16(19)20/h9-11H,1-8,17-18H2,(H,22,26)(H,23,27)(H,24,25)(H,28,29)(H4,19,20,21)/t9?,10-,11?/m0/s1. The molecule has 3 atom stereocenters. The van der Waals surface area contributed by atoms with Gasteiger partial charge in [0.15, 0.2) is 5.96 Å². The van der Waals surface area contributed by atoms with Gasteiger partial charge >= 0.3 is 11.9 Å². The Balaban J connectivity index is 4.96. The van der Waals surface area contributed by atoms with Crippen LogP contribution in [0.15, 0.2) is 4.99 Å². The summed E-state index contributed by atoms with van der Waals surface area (Å²) in [4.78, 5) is 50.6. The number of amides is 2. The number of hydrogen-bond donors (Lipinski definition) is 8. The first-order valence-corrected chi connectivity index (χ1v) is 9.14. The van der Waals surface area contributed by atoms with Crippen molar-refractivity contribution in [1.29, 1.82) is 0 Å². The van der Waals surface area contributed by atoms with Crippen molar-refractivity contribution in [3.8, 4) is 0 Å². The van der Waals surface area contributed by atoms with Crippen LogP contribution in [0.3, 0.4) is 0 Å². The maximum atomic E-state index is 12.5. The highest BCUT2D eigenvalue weighted by Crippen LogP contribution is 2.11. The number of nitrogens with zero attached hydrogens (tertiary/aromatic N) is 1. The van der Waals surface area contributed by atoms with E-state index in [-0.39, 0.29) is 12.4 Å². The van der Waals surface area contributed by atoms with Gasteiger partial charge in [0.2, 0.25) is 11.8 Å². The number of nitrogens with one attached hydrogen (secondary N) is 2. The molecule has 0 aromatic heterocycles. The molecule has 0 aromatic rings. The van der Waals surface area contributed by atoms with Crippen LogP contribution in [0.2, 0.25) is 0 Å². The molecule has 0 aliphatic rings. The molecule has 0 spiro atoms. The fourth-order valence-corrected chi connectivity index (χ4v) is 2.40. The smallest absolute Gasteiger partial charge is 0.326 e. The van der Waals surface area contributed by atoms with Gasteiger partial charge in [0.1, 0.15) is 12.0 Å². The van der Waals surface area contributed by atoms with E-state index < -0.39 is 48.3 Å². The summed E-state index contributed by atoms with van der Waals surface area (Å²) in [5.41, 5.74) is 21.7. The van der Waals surface area contributed by atoms with Gasteiger partial charge in [-0.3, -0.25) is 19.4 Å². The Morgan fingerprint density at radius 1 is 0.931 bits per heavy atom. The average Bonchev–Trinajstić information content (AvgIpc) is 2.61. The van der Waals surface area contributed by atoms with Crippen molar-refractivity contribution >= 4 is 29.7 Å². The molecular formula is C16H31N7O6. The van der Waals surface area contributed by atoms with Crippen molar-refractivity contribution in [3.05, 3.63) is 0 Å². The number of carbonyl (C=O) groups is 4. The largest absolute Gasteiger partial charge is 0.481 e. The highest BCUT2D eigenvalue weighted by molar-refractivity contribution is 6.01. The van der Waals surface area contributed by atoms with E-state index in [4.69, 9.17) is 33.1 Å². The minimum Gasteiger partial charge on any atom is -0.481 e. The van der Waals surface area contributed by atoms with Crippen molar-refractivity contribution in [2.24, 2.45) is 33.8 Å². The van der Waals surface area contributed by atoms with Crippen LogP contribution in [0, 0.1) is 5.92 Å². The van der Waals surface area contributed by atoms with Gasteiger partial charge in [-0.05, 0) is 32.2 Å². The Kier molecular flexibility index (Phi) is 12.7. The first kappa shape index (κ1) is 26.1. The van der Waals surface area contributed by atoms with E-state index in [2.05, 4.69) is 15.6 Å². The molecule has 0 saturated carbocycles. The number of guanidine groups is 1. The predicted octanol–water partition coefficient (Wildman–Crippen LogP) is -2.77. The van der Waals surface area contributed by atoms with Crippen molar-refractivity contribution in [2.45, 2.75) is 50.7 Å². The summed E-state index contributed by atoms with van der Waals surface area (Å²) in [5.74, 6) is -5.79. The molecule has 29 heavy (non-hydrogen) atoms. The Bertz CT molecular complexity index is 594. The minimum atomic E-state index is -1.65. The summed E-state index contributed by atoms with van der Waals surface area (Å²) >= 11 is 0. The van der Waals surface area contributed by atoms with E-state index in [0.29, 0.717) is 38.8 Å². The number of rotatable bonds is 15. The summed E-state index contributed by atoms with van der Waals surface area (Å²) in [6.07, 6.45) is 0.352. The quantitative estimate of drug-likeness (QED) is 0.0447. The van der Waals surface area contributed by atoms with Crippen LogP contribution < -0.4 is 33.6 Å². The van der Waals surface area contributed by atoms with Crippen LogP contribution in [0.4, 0.5) is 0 Å². The monoisotopic (exact) mass is 417 g/mol. The predicted molar refractivity (Wildman–Crippen MR) is 104 cm³/mol. The first-order chi connectivity index (χ1) is 13.6. The Morgan fingerprint density at radius 2 is 1.55 bits per heavy atom. The maximum Gasteiger partial charge on any atom is 0.326 e. The third kappa shape index (κ3) is 12.2. The average molecular weight is 417 g/mol. The molecule has 13 heteroatoms. The molecule has 0 aromatic carbocycles. The molecule has 13 nitrogen and oxygen atoms in total. The molecule has 0 bridgehead atoms. The van der Waals surface area contributed by atoms with Gasteiger partial charge < -0.3 is 43.8 Å². The van der Waals surface area contributed by atoms with Gasteiger partial charge in [0.05, 0.1) is 12.6 Å². The number of hydrogen-bond acceptors (Lipinski definition) is 7. The summed E-state index contributed by atoms with van der Waals surface area (Å²) in [7, 11) is 0. The van der Waals surface area contributed by atoms with Gasteiger partial charge in [0, 0.05) is 6.54 Å². The molecule has 0 aliphatic carbocycles. The van der Waals surface area contributed by atoms with Gasteiger partial charge in [-0.15, -0.1) is 0 Å². The summed E-state index contributed by atoms with van der Waals surface area (Å²) in [5, 5.41) is 22.4. The molecule has 0 fully saturated rings. The number of nitrogens with two attached hydrogens (primary N) is 4. The lowest BCUT2D eigenvalue weighted by Gasteiger charge is -2.21. The van der Waals surface area contributed by atoms with E-state index in [0.717, 1.165) is 0 Å². The highest BCUT2D eigenvalue weighted by Gasteiger charge is 2.31. The zero-order valence-corrected chi connectivity index (χ0v) is 16.2. The Morgan fingerprint density at radius 3 is 2.07 bits per heavy atom. The fraction of sp³-hybridized carbons (Fsp3) is 0.688. The molecule has 166 valence electrons. The van der Waals surface area contributed by atoms with Crippen molar-refractivity contribution in [1.82, 2.24) is 10.6 Å². The molecule has 2 amide bonds. The van der Waals surface area contributed by atoms with Gasteiger partial charge in [-0.25, -0.2) is 4.79 Å². The second-order valence-corrected chi connectivity index (χ2v) is 6.40. The summed E-state index contributed by atoms with van der Waals surface area (Å²) < 4.78 is 0. The normalized spacial score (nSPS) is 13.6. The Labute approximate surface area is 168 Å². The van der Waals surface area contributed by atoms with Crippen LogP contribution in [-0.2, 0) is 19.2 Å². The van der Waals surface area contributed by atoms with Gasteiger partial charge in [-0.2, -0.15) is 0 Å². The van der Waals surface area contributed by atoms with Crippen LogP contribution in [-0.4, -0.2) is 65.2 Å². The Hall–Kier alpha value is -2.93. The van der Waals surface area contributed by atoms with Crippen molar-refractivity contribution in [3.63, 3.8) is 0 Å². The van der Waals surface area contributed by atoms with Crippen molar-refractivity contribution < 1.29 is 29.4 Å². The summed E-state index contributed by atoms with van der Waals surface area (Å²) in [6.45, 7) is 0.679. The van der Waals surface area contributed by atoms with Crippen LogP contribution in [0.25, 0.3) is 0 Å². The SMILES string of the molecule is NCCCCC(C(=O)NC(N)CCCN=C(N)N)C(=O)N[C@@H](CC(=O)O)C(=O)O. The van der Waals surface area contributed by atoms with Crippen molar-refractivity contribution in [2.75, 3.05) is 13.1 Å². The maximum absolute atomic E-state index is 12.5. The van der Waals surface area contributed by atoms with E-state index >= 15 is 0 Å². The van der Waals surface area contributed by atoms with Crippen LogP contribution in [0.1, 0.15) is 38.5 Å². The second kappa shape index (κ2) is 14.1. The molecule has 0 radical (unpaired) electrons. The first-order valence-electron chi connectivity index (χ1n) is 9.14. The zero-order valence-electron chi connectivity index (χ0n) is 16.2. The molecule has 0 rings (SSSR count). The van der Waals surface area contributed by atoms with E-state index in [9.17, 15) is 19.2 Å². The molecule has 0 aliphatic heterocycles. The minimum absolute atomic E-state index is 0.0615. The topological polar surface area (TPSA) is 249 Å². The molecule has 0 saturated heterocycles. The number of aliphatic carboxylic acids is 2. The van der Waals surface area contributed by atoms with E-state index in [1.54, 1.807) is 0 Å². The number of unbranched alkanes of at least 4 members (excludes halogenated alkanes) is 1. The lowest BCUT2D eigenvalue weighted by atomic mass is 9.98. The molecule has 12 N–H and O–H groups in total. The second-order valence-electron chi connectivity index (χ2n) is 6.40. The fourth-order valence-electron chi connectivity index (χ4n) is 2.40. The van der Waals surface area contributed by atoms with Crippen LogP contribution in [0.5, 0.6) is 0 Å². The number of aliphatic imine (C=N–C) groups is 1. The third-order valence-corrected chi connectivity index (χ3v) is 3.87. The number of carboxylic acids is 2. The van der Waals surface area contributed by atoms with Gasteiger partial charge in [0.25, 0.3) is 0 Å². The number of carboxylic acid groups (broad SMARTS) is 2. The zero-order chi connectivity index (χ0) is 22.4. The molecule has 2 unspecified atom stereocenters. The molecule has 0 heterocycles. The van der Waals surface area contributed by atoms with E-state index in [1.807, 2.05) is 0 Å². The lowest BCUT2D eigenvalue weighted by molar-refractivity contribution is -0.148. The highest BCUT2D eigenvalue weighted by atomic mass is 16.4. The molecular weight excluding hydrogens is 386 g/mol. The number of carbonyl (C=O) groups excluding carboxylic acids is 2. The van der Waals surface area contributed by atoms with Crippen LogP contribution >= 0.6 is 0 Å². The summed E-state index contributed by atoms with van der Waals surface area (Å²) in [6, 6.07) is -1.65. The van der Waals surface area contributed by atoms with E-state index in [1.165, 1.54) is 0 Å². The third-order valence-electron chi connectivity index (χ3n) is 3.87.